The van der Waals surface area contributed by atoms with Gasteiger partial charge in [0, 0.05) is 19.3 Å². The Morgan fingerprint density at radius 3 is 0.750 bits per heavy atom. The molecule has 0 rings (SSSR count). The predicted molar refractivity (Wildman–Crippen MR) is 330 cm³/mol. The van der Waals surface area contributed by atoms with Gasteiger partial charge in [0.05, 0.1) is 0 Å². The van der Waals surface area contributed by atoms with E-state index in [0.29, 0.717) is 19.3 Å². The molecule has 0 N–H and O–H groups in total. The summed E-state index contributed by atoms with van der Waals surface area (Å²) < 4.78 is 17.0. The van der Waals surface area contributed by atoms with Crippen LogP contribution >= 0.6 is 0 Å². The van der Waals surface area contributed by atoms with E-state index in [1.165, 1.54) is 250 Å². The Hall–Kier alpha value is -2.63. The minimum Gasteiger partial charge on any atom is -0.462 e. The normalized spacial score (nSPS) is 12.3. The van der Waals surface area contributed by atoms with Crippen molar-refractivity contribution >= 4 is 17.9 Å². The summed E-state index contributed by atoms with van der Waals surface area (Å²) >= 11 is 0. The summed E-state index contributed by atoms with van der Waals surface area (Å²) in [7, 11) is 0. The second-order valence-electron chi connectivity index (χ2n) is 22.7. The van der Waals surface area contributed by atoms with Crippen LogP contribution in [-0.4, -0.2) is 37.2 Å². The first-order valence-corrected chi connectivity index (χ1v) is 33.6. The molecule has 0 aromatic carbocycles. The molecule has 0 spiro atoms. The number of esters is 3. The molecular formula is C70H128O6. The molecule has 0 aromatic rings. The van der Waals surface area contributed by atoms with Gasteiger partial charge in [-0.3, -0.25) is 14.4 Å². The highest BCUT2D eigenvalue weighted by molar-refractivity contribution is 5.71. The van der Waals surface area contributed by atoms with Gasteiger partial charge in [0.15, 0.2) is 6.10 Å². The highest BCUT2D eigenvalue weighted by Crippen LogP contribution is 2.17. The summed E-state index contributed by atoms with van der Waals surface area (Å²) in [5.41, 5.74) is 0. The first-order valence-electron chi connectivity index (χ1n) is 33.6. The Morgan fingerprint density at radius 1 is 0.263 bits per heavy atom. The molecule has 0 aliphatic heterocycles. The molecule has 0 aliphatic rings. The number of unbranched alkanes of at least 4 members (excludes halogenated alkanes) is 43. The average Bonchev–Trinajstić information content (AvgIpc) is 3.42. The van der Waals surface area contributed by atoms with Gasteiger partial charge in [-0.15, -0.1) is 0 Å². The van der Waals surface area contributed by atoms with Gasteiger partial charge in [-0.05, 0) is 83.5 Å². The lowest BCUT2D eigenvalue weighted by atomic mass is 10.0. The first-order chi connectivity index (χ1) is 37.5. The van der Waals surface area contributed by atoms with Gasteiger partial charge < -0.3 is 14.2 Å². The third-order valence-electron chi connectivity index (χ3n) is 15.1. The van der Waals surface area contributed by atoms with Crippen molar-refractivity contribution in [3.05, 3.63) is 48.6 Å². The van der Waals surface area contributed by atoms with E-state index >= 15 is 0 Å². The smallest absolute Gasteiger partial charge is 0.306 e. The van der Waals surface area contributed by atoms with Gasteiger partial charge in [-0.2, -0.15) is 0 Å². The van der Waals surface area contributed by atoms with E-state index in [-0.39, 0.29) is 31.1 Å². The van der Waals surface area contributed by atoms with Crippen LogP contribution in [0.5, 0.6) is 0 Å². The topological polar surface area (TPSA) is 78.9 Å². The second kappa shape index (κ2) is 64.9. The number of allylic oxidation sites excluding steroid dienone is 8. The molecule has 0 amide bonds. The van der Waals surface area contributed by atoms with Crippen molar-refractivity contribution in [2.45, 2.75) is 367 Å². The second-order valence-corrected chi connectivity index (χ2v) is 22.7. The number of hydrogen-bond donors (Lipinski definition) is 0. The Morgan fingerprint density at radius 2 is 0.474 bits per heavy atom. The molecule has 76 heavy (non-hydrogen) atoms. The monoisotopic (exact) mass is 1060 g/mol. The summed E-state index contributed by atoms with van der Waals surface area (Å²) in [6.07, 6.45) is 81.2. The van der Waals surface area contributed by atoms with Crippen LogP contribution in [0.1, 0.15) is 361 Å². The maximum absolute atomic E-state index is 12.9. The number of ether oxygens (including phenoxy) is 3. The number of hydrogen-bond acceptors (Lipinski definition) is 6. The van der Waals surface area contributed by atoms with Crippen molar-refractivity contribution in [3.8, 4) is 0 Å². The van der Waals surface area contributed by atoms with Gasteiger partial charge in [-0.25, -0.2) is 0 Å². The summed E-state index contributed by atoms with van der Waals surface area (Å²) in [6, 6.07) is 0. The number of rotatable bonds is 62. The van der Waals surface area contributed by atoms with Gasteiger partial charge in [-0.1, -0.05) is 307 Å². The zero-order valence-electron chi connectivity index (χ0n) is 51.0. The molecule has 0 radical (unpaired) electrons. The van der Waals surface area contributed by atoms with Crippen molar-refractivity contribution in [2.75, 3.05) is 13.2 Å². The summed E-state index contributed by atoms with van der Waals surface area (Å²) in [5, 5.41) is 0. The fraction of sp³-hybridized carbons (Fsp3) is 0.843. The molecule has 0 bridgehead atoms. The quantitative estimate of drug-likeness (QED) is 0.0261. The maximum Gasteiger partial charge on any atom is 0.306 e. The fourth-order valence-corrected chi connectivity index (χ4v) is 9.98. The minimum absolute atomic E-state index is 0.0705. The van der Waals surface area contributed by atoms with Crippen molar-refractivity contribution in [3.63, 3.8) is 0 Å². The number of carbonyl (C=O) groups is 3. The lowest BCUT2D eigenvalue weighted by Gasteiger charge is -2.18. The van der Waals surface area contributed by atoms with Crippen LogP contribution in [0.15, 0.2) is 48.6 Å². The highest BCUT2D eigenvalue weighted by atomic mass is 16.6. The molecule has 444 valence electrons. The van der Waals surface area contributed by atoms with Crippen LogP contribution in [-0.2, 0) is 28.6 Å². The summed E-state index contributed by atoms with van der Waals surface area (Å²) in [5.74, 6) is -0.852. The van der Waals surface area contributed by atoms with E-state index in [9.17, 15) is 14.4 Å². The van der Waals surface area contributed by atoms with Crippen molar-refractivity contribution < 1.29 is 28.6 Å². The van der Waals surface area contributed by atoms with Crippen molar-refractivity contribution in [2.24, 2.45) is 0 Å². The average molecular weight is 1070 g/mol. The number of carbonyl (C=O) groups excluding carboxylic acids is 3. The zero-order valence-corrected chi connectivity index (χ0v) is 51.0. The fourth-order valence-electron chi connectivity index (χ4n) is 9.98. The third-order valence-corrected chi connectivity index (χ3v) is 15.1. The third kappa shape index (κ3) is 62.2. The van der Waals surface area contributed by atoms with E-state index in [1.807, 2.05) is 0 Å². The lowest BCUT2D eigenvalue weighted by Crippen LogP contribution is -2.30. The van der Waals surface area contributed by atoms with E-state index in [0.717, 1.165) is 70.6 Å². The highest BCUT2D eigenvalue weighted by Gasteiger charge is 2.19. The zero-order chi connectivity index (χ0) is 55.0. The largest absolute Gasteiger partial charge is 0.462 e. The molecule has 0 heterocycles. The standard InChI is InChI=1S/C70H128O6/c1-4-7-10-13-16-19-22-25-28-30-32-33-34-35-36-37-39-40-42-45-48-51-54-57-60-63-69(72)75-66-67(65-74-68(71)62-59-56-53-50-47-44-27-24-21-18-15-12-9-6-3)76-70(73)64-61-58-55-52-49-46-43-41-38-31-29-26-23-20-17-14-11-8-5-2/h17,20,22,25-26,29-30,32,67H,4-16,18-19,21,23-24,27-28,31,33-66H2,1-3H3/b20-17-,25-22-,29-26-,32-30-. The molecule has 6 nitrogen and oxygen atoms in total. The molecule has 0 aliphatic carbocycles. The molecule has 0 saturated carbocycles. The maximum atomic E-state index is 12.9. The van der Waals surface area contributed by atoms with Crippen LogP contribution in [0.3, 0.4) is 0 Å². The Labute approximate surface area is 473 Å². The van der Waals surface area contributed by atoms with Crippen LogP contribution in [0.4, 0.5) is 0 Å². The molecule has 0 saturated heterocycles. The molecule has 0 aromatic heterocycles. The predicted octanol–water partition coefficient (Wildman–Crippen LogP) is 22.9. The molecular weight excluding hydrogens is 937 g/mol. The van der Waals surface area contributed by atoms with Crippen LogP contribution in [0.2, 0.25) is 0 Å². The Bertz CT molecular complexity index is 1310. The molecule has 0 fully saturated rings. The van der Waals surface area contributed by atoms with Crippen LogP contribution < -0.4 is 0 Å². The Kier molecular flexibility index (Phi) is 62.6. The van der Waals surface area contributed by atoms with Gasteiger partial charge in [0.25, 0.3) is 0 Å². The Balaban J connectivity index is 4.28. The van der Waals surface area contributed by atoms with Gasteiger partial charge >= 0.3 is 17.9 Å². The van der Waals surface area contributed by atoms with E-state index < -0.39 is 6.10 Å². The summed E-state index contributed by atoms with van der Waals surface area (Å²) in [4.78, 5) is 38.4. The molecule has 1 atom stereocenters. The lowest BCUT2D eigenvalue weighted by molar-refractivity contribution is -0.167. The van der Waals surface area contributed by atoms with Gasteiger partial charge in [0.2, 0.25) is 0 Å². The van der Waals surface area contributed by atoms with Gasteiger partial charge in [0.1, 0.15) is 13.2 Å². The van der Waals surface area contributed by atoms with Crippen LogP contribution in [0.25, 0.3) is 0 Å². The molecule has 6 heteroatoms. The minimum atomic E-state index is -0.774. The van der Waals surface area contributed by atoms with Crippen molar-refractivity contribution in [1.82, 2.24) is 0 Å². The first kappa shape index (κ1) is 73.4. The van der Waals surface area contributed by atoms with Crippen molar-refractivity contribution in [1.29, 1.82) is 0 Å². The SMILES string of the molecule is CCCCC/C=C\C/C=C\CCCCCCCCCCCC(=O)OC(COC(=O)CCCCCCCCCCCCCCCC)COC(=O)CCCCCCCCCCCCCCC/C=C\C/C=C\CCCCCCC. The summed E-state index contributed by atoms with van der Waals surface area (Å²) in [6.45, 7) is 6.66. The van der Waals surface area contributed by atoms with E-state index in [2.05, 4.69) is 69.4 Å². The van der Waals surface area contributed by atoms with Crippen LogP contribution in [0, 0.1) is 0 Å². The van der Waals surface area contributed by atoms with E-state index in [1.54, 1.807) is 0 Å². The van der Waals surface area contributed by atoms with E-state index in [4.69, 9.17) is 14.2 Å². The molecule has 1 unspecified atom stereocenters.